The fraction of sp³-hybridized carbons (Fsp3) is 0.889. The summed E-state index contributed by atoms with van der Waals surface area (Å²) in [6.45, 7) is 8.40. The number of hydrogen-bond donors (Lipinski definition) is 2. The van der Waals surface area contributed by atoms with Crippen LogP contribution in [0.15, 0.2) is 0 Å². The number of nitrogens with two attached hydrogens (primary N) is 2. The minimum atomic E-state index is -0.561. The monoisotopic (exact) mass is 330 g/mol. The lowest BCUT2D eigenvalue weighted by Crippen LogP contribution is -2.45. The molecule has 0 aromatic rings. The number of primary amides is 1. The van der Waals surface area contributed by atoms with Gasteiger partial charge in [0.2, 0.25) is 5.91 Å². The van der Waals surface area contributed by atoms with Gasteiger partial charge in [0, 0.05) is 13.9 Å². The van der Waals surface area contributed by atoms with Crippen molar-refractivity contribution in [1.29, 1.82) is 0 Å². The first kappa shape index (κ1) is 14.5. The molecule has 0 heterocycles. The van der Waals surface area contributed by atoms with Crippen LogP contribution in [0, 0.1) is 0 Å². The Kier molecular flexibility index (Phi) is 5.76. The van der Waals surface area contributed by atoms with E-state index in [1.165, 1.54) is 0 Å². The fourth-order valence-corrected chi connectivity index (χ4v) is 2.74. The SMILES string of the molecule is CC(SC(C)(C)[C@H](C)I)C(N)C(N)=O. The summed E-state index contributed by atoms with van der Waals surface area (Å²) in [5.41, 5.74) is 10.8. The predicted octanol–water partition coefficient (Wildman–Crippen LogP) is 1.52. The second kappa shape index (κ2) is 5.55. The van der Waals surface area contributed by atoms with Crippen LogP contribution in [0.2, 0.25) is 0 Å². The Balaban J connectivity index is 4.31. The van der Waals surface area contributed by atoms with Gasteiger partial charge in [0.1, 0.15) is 0 Å². The number of hydrogen-bond acceptors (Lipinski definition) is 3. The summed E-state index contributed by atoms with van der Waals surface area (Å²) < 4.78 is 0.611. The zero-order valence-corrected chi connectivity index (χ0v) is 12.1. The molecule has 0 aromatic heterocycles. The van der Waals surface area contributed by atoms with Crippen molar-refractivity contribution in [3.63, 3.8) is 0 Å². The first-order valence-electron chi connectivity index (χ1n) is 4.55. The second-order valence-corrected chi connectivity index (χ2v) is 7.87. The minimum Gasteiger partial charge on any atom is -0.368 e. The van der Waals surface area contributed by atoms with Crippen LogP contribution in [0.1, 0.15) is 27.7 Å². The van der Waals surface area contributed by atoms with Gasteiger partial charge >= 0.3 is 0 Å². The molecule has 0 radical (unpaired) electrons. The lowest BCUT2D eigenvalue weighted by molar-refractivity contribution is -0.119. The van der Waals surface area contributed by atoms with E-state index in [1.807, 2.05) is 6.92 Å². The van der Waals surface area contributed by atoms with Crippen molar-refractivity contribution >= 4 is 40.3 Å². The van der Waals surface area contributed by atoms with Crippen molar-refractivity contribution in [2.75, 3.05) is 0 Å². The van der Waals surface area contributed by atoms with Gasteiger partial charge in [0.05, 0.1) is 6.04 Å². The number of amides is 1. The molecule has 84 valence electrons. The van der Waals surface area contributed by atoms with Crippen molar-refractivity contribution in [2.24, 2.45) is 11.5 Å². The smallest absolute Gasteiger partial charge is 0.235 e. The van der Waals surface area contributed by atoms with Crippen LogP contribution in [0.5, 0.6) is 0 Å². The van der Waals surface area contributed by atoms with E-state index in [-0.39, 0.29) is 10.00 Å². The van der Waals surface area contributed by atoms with Crippen LogP contribution >= 0.6 is 34.4 Å². The Labute approximate surface area is 104 Å². The first-order chi connectivity index (χ1) is 6.18. The molecule has 0 bridgehead atoms. The molecule has 0 saturated carbocycles. The van der Waals surface area contributed by atoms with E-state index >= 15 is 0 Å². The van der Waals surface area contributed by atoms with Gasteiger partial charge in [-0.2, -0.15) is 0 Å². The molecule has 14 heavy (non-hydrogen) atoms. The van der Waals surface area contributed by atoms with Crippen molar-refractivity contribution in [3.8, 4) is 0 Å². The van der Waals surface area contributed by atoms with Crippen molar-refractivity contribution in [3.05, 3.63) is 0 Å². The van der Waals surface area contributed by atoms with E-state index in [2.05, 4.69) is 43.4 Å². The molecular formula is C9H19IN2OS. The van der Waals surface area contributed by atoms with Gasteiger partial charge in [0.15, 0.2) is 0 Å². The highest BCUT2D eigenvalue weighted by molar-refractivity contribution is 14.1. The lowest BCUT2D eigenvalue weighted by Gasteiger charge is -2.31. The number of rotatable bonds is 5. The summed E-state index contributed by atoms with van der Waals surface area (Å²) in [6, 6.07) is -0.561. The van der Waals surface area contributed by atoms with Crippen LogP contribution in [0.3, 0.4) is 0 Å². The van der Waals surface area contributed by atoms with Gasteiger partial charge in [-0.1, -0.05) is 36.4 Å². The van der Waals surface area contributed by atoms with Gasteiger partial charge in [-0.25, -0.2) is 0 Å². The van der Waals surface area contributed by atoms with Gasteiger partial charge in [0.25, 0.3) is 0 Å². The summed E-state index contributed by atoms with van der Waals surface area (Å²) in [4.78, 5) is 10.9. The summed E-state index contributed by atoms with van der Waals surface area (Å²) in [5, 5.41) is 0.0553. The molecular weight excluding hydrogens is 311 g/mol. The molecule has 0 aliphatic carbocycles. The molecule has 4 N–H and O–H groups in total. The Hall–Kier alpha value is 0.510. The molecule has 3 nitrogen and oxygen atoms in total. The molecule has 0 saturated heterocycles. The highest BCUT2D eigenvalue weighted by Crippen LogP contribution is 2.36. The van der Waals surface area contributed by atoms with Gasteiger partial charge in [-0.3, -0.25) is 4.79 Å². The standard InChI is InChI=1S/C9H19IN2OS/c1-5(7(11)8(12)13)14-9(3,4)6(2)10/h5-7H,11H2,1-4H3,(H2,12,13)/t5?,6-,7?/m0/s1. The average molecular weight is 330 g/mol. The van der Waals surface area contributed by atoms with Crippen molar-refractivity contribution < 1.29 is 4.79 Å². The second-order valence-electron chi connectivity index (χ2n) is 3.97. The number of carbonyl (C=O) groups is 1. The maximum atomic E-state index is 10.9. The fourth-order valence-electron chi connectivity index (χ4n) is 0.878. The van der Waals surface area contributed by atoms with E-state index in [4.69, 9.17) is 11.5 Å². The number of alkyl halides is 1. The Bertz CT molecular complexity index is 209. The van der Waals surface area contributed by atoms with Crippen LogP contribution in [-0.4, -0.2) is 25.9 Å². The first-order valence-corrected chi connectivity index (χ1v) is 6.67. The highest BCUT2D eigenvalue weighted by Gasteiger charge is 2.30. The van der Waals surface area contributed by atoms with Gasteiger partial charge in [-0.05, 0) is 13.8 Å². The molecule has 0 aliphatic heterocycles. The number of halogens is 1. The third-order valence-corrected chi connectivity index (χ3v) is 5.89. The molecule has 0 spiro atoms. The molecule has 1 amide bonds. The summed E-state index contributed by atoms with van der Waals surface area (Å²) in [6.07, 6.45) is 0. The van der Waals surface area contributed by atoms with Gasteiger partial charge in [-0.15, -0.1) is 11.8 Å². The molecule has 0 aliphatic rings. The van der Waals surface area contributed by atoms with E-state index in [0.29, 0.717) is 3.92 Å². The van der Waals surface area contributed by atoms with Crippen LogP contribution in [0.4, 0.5) is 0 Å². The zero-order chi connectivity index (χ0) is 11.5. The predicted molar refractivity (Wildman–Crippen MR) is 71.8 cm³/mol. The van der Waals surface area contributed by atoms with Crippen LogP contribution in [0.25, 0.3) is 0 Å². The minimum absolute atomic E-state index is 0.0553. The van der Waals surface area contributed by atoms with Gasteiger partial charge < -0.3 is 11.5 Å². The summed E-state index contributed by atoms with van der Waals surface area (Å²) in [7, 11) is 0. The molecule has 0 fully saturated rings. The van der Waals surface area contributed by atoms with Crippen molar-refractivity contribution in [1.82, 2.24) is 0 Å². The molecule has 0 aromatic carbocycles. The summed E-state index contributed by atoms with van der Waals surface area (Å²) in [5.74, 6) is -0.429. The Morgan fingerprint density at radius 1 is 1.43 bits per heavy atom. The van der Waals surface area contributed by atoms with E-state index < -0.39 is 11.9 Å². The average Bonchev–Trinajstić information content (AvgIpc) is 2.01. The number of carbonyl (C=O) groups excluding carboxylic acids is 1. The number of thioether (sulfide) groups is 1. The third-order valence-electron chi connectivity index (χ3n) is 2.28. The topological polar surface area (TPSA) is 69.1 Å². The van der Waals surface area contributed by atoms with Crippen LogP contribution < -0.4 is 11.5 Å². The normalized spacial score (nSPS) is 18.7. The molecule has 3 atom stereocenters. The van der Waals surface area contributed by atoms with Crippen molar-refractivity contribution in [2.45, 2.75) is 47.7 Å². The molecule has 5 heteroatoms. The largest absolute Gasteiger partial charge is 0.368 e. The third kappa shape index (κ3) is 4.35. The Morgan fingerprint density at radius 2 is 1.86 bits per heavy atom. The van der Waals surface area contributed by atoms with E-state index in [1.54, 1.807) is 11.8 Å². The highest BCUT2D eigenvalue weighted by atomic mass is 127. The lowest BCUT2D eigenvalue weighted by atomic mass is 10.1. The molecule has 2 unspecified atom stereocenters. The maximum absolute atomic E-state index is 10.9. The van der Waals surface area contributed by atoms with E-state index in [0.717, 1.165) is 0 Å². The maximum Gasteiger partial charge on any atom is 0.235 e. The Morgan fingerprint density at radius 3 is 2.14 bits per heavy atom. The zero-order valence-electron chi connectivity index (χ0n) is 9.08. The van der Waals surface area contributed by atoms with E-state index in [9.17, 15) is 4.79 Å². The molecule has 0 rings (SSSR count). The quantitative estimate of drug-likeness (QED) is 0.593. The summed E-state index contributed by atoms with van der Waals surface area (Å²) >= 11 is 4.09. The van der Waals surface area contributed by atoms with Crippen LogP contribution in [-0.2, 0) is 4.79 Å².